The smallest absolute Gasteiger partial charge is 0.162 e. The highest BCUT2D eigenvalue weighted by atomic mass is 35.5. The molecule has 1 unspecified atom stereocenters. The Morgan fingerprint density at radius 2 is 2.12 bits per heavy atom. The summed E-state index contributed by atoms with van der Waals surface area (Å²) >= 11 is 6.01. The Labute approximate surface area is 99.3 Å². The maximum absolute atomic E-state index is 6.01. The van der Waals surface area contributed by atoms with Gasteiger partial charge in [-0.25, -0.2) is 9.97 Å². The van der Waals surface area contributed by atoms with Gasteiger partial charge >= 0.3 is 0 Å². The summed E-state index contributed by atoms with van der Waals surface area (Å²) in [6.07, 6.45) is 5.42. The van der Waals surface area contributed by atoms with Gasteiger partial charge in [0.1, 0.15) is 0 Å². The Balaban J connectivity index is 2.42. The Kier molecular flexibility index (Phi) is 2.92. The number of alkyl halides is 1. The van der Waals surface area contributed by atoms with Crippen molar-refractivity contribution >= 4 is 11.6 Å². The topological polar surface area (TPSA) is 43.6 Å². The van der Waals surface area contributed by atoms with Crippen LogP contribution in [-0.4, -0.2) is 19.7 Å². The van der Waals surface area contributed by atoms with E-state index in [-0.39, 0.29) is 5.38 Å². The molecule has 0 fully saturated rings. The lowest BCUT2D eigenvalue weighted by molar-refractivity contribution is 0.768. The largest absolute Gasteiger partial charge is 0.275 e. The van der Waals surface area contributed by atoms with Crippen molar-refractivity contribution in [3.63, 3.8) is 0 Å². The van der Waals surface area contributed by atoms with Crippen LogP contribution < -0.4 is 0 Å². The summed E-state index contributed by atoms with van der Waals surface area (Å²) in [6.45, 7) is 3.85. The fraction of sp³-hybridized carbons (Fsp3) is 0.364. The molecule has 2 rings (SSSR count). The molecule has 0 amide bonds. The van der Waals surface area contributed by atoms with Crippen LogP contribution in [0.3, 0.4) is 0 Å². The standard InChI is InChI=1S/C11H13ClN4/c1-7(12)10-5-13-11(15-8(10)2)9-4-14-16(3)6-9/h4-7H,1-3H3. The molecule has 0 aromatic carbocycles. The zero-order valence-corrected chi connectivity index (χ0v) is 10.2. The van der Waals surface area contributed by atoms with Gasteiger partial charge in [0.25, 0.3) is 0 Å². The van der Waals surface area contributed by atoms with Crippen LogP contribution in [0.4, 0.5) is 0 Å². The summed E-state index contributed by atoms with van der Waals surface area (Å²) in [4.78, 5) is 8.72. The maximum Gasteiger partial charge on any atom is 0.162 e. The van der Waals surface area contributed by atoms with Crippen LogP contribution in [0.2, 0.25) is 0 Å². The fourth-order valence-electron chi connectivity index (χ4n) is 1.54. The number of hydrogen-bond donors (Lipinski definition) is 0. The van der Waals surface area contributed by atoms with Crippen molar-refractivity contribution in [1.82, 2.24) is 19.7 Å². The molecule has 0 radical (unpaired) electrons. The maximum atomic E-state index is 6.01. The highest BCUT2D eigenvalue weighted by Gasteiger charge is 2.10. The van der Waals surface area contributed by atoms with Crippen molar-refractivity contribution in [2.75, 3.05) is 0 Å². The Hall–Kier alpha value is -1.42. The first-order valence-electron chi connectivity index (χ1n) is 5.04. The van der Waals surface area contributed by atoms with E-state index < -0.39 is 0 Å². The van der Waals surface area contributed by atoms with Gasteiger partial charge in [-0.05, 0) is 13.8 Å². The van der Waals surface area contributed by atoms with E-state index in [1.807, 2.05) is 27.1 Å². The molecule has 2 aromatic rings. The van der Waals surface area contributed by atoms with Crippen molar-refractivity contribution in [2.45, 2.75) is 19.2 Å². The second kappa shape index (κ2) is 4.22. The van der Waals surface area contributed by atoms with Gasteiger partial charge in [0.05, 0.1) is 17.1 Å². The minimum atomic E-state index is -0.0667. The predicted molar refractivity (Wildman–Crippen MR) is 63.2 cm³/mol. The molecule has 0 saturated carbocycles. The Morgan fingerprint density at radius 1 is 1.38 bits per heavy atom. The number of halogens is 1. The van der Waals surface area contributed by atoms with Gasteiger partial charge in [-0.2, -0.15) is 5.10 Å². The number of aromatic nitrogens is 4. The van der Waals surface area contributed by atoms with Gasteiger partial charge in [-0.1, -0.05) is 0 Å². The molecule has 4 nitrogen and oxygen atoms in total. The Morgan fingerprint density at radius 3 is 2.62 bits per heavy atom. The van der Waals surface area contributed by atoms with E-state index in [9.17, 15) is 0 Å². The molecule has 0 aliphatic heterocycles. The summed E-state index contributed by atoms with van der Waals surface area (Å²) in [6, 6.07) is 0. The van der Waals surface area contributed by atoms with E-state index in [1.54, 1.807) is 17.1 Å². The minimum absolute atomic E-state index is 0.0667. The average Bonchev–Trinajstić information content (AvgIpc) is 2.64. The highest BCUT2D eigenvalue weighted by Crippen LogP contribution is 2.23. The highest BCUT2D eigenvalue weighted by molar-refractivity contribution is 6.20. The number of rotatable bonds is 2. The zero-order chi connectivity index (χ0) is 11.7. The zero-order valence-electron chi connectivity index (χ0n) is 9.48. The summed E-state index contributed by atoms with van der Waals surface area (Å²) in [5.74, 6) is 0.687. The lowest BCUT2D eigenvalue weighted by Crippen LogP contribution is -1.98. The van der Waals surface area contributed by atoms with Crippen molar-refractivity contribution in [3.05, 3.63) is 29.8 Å². The van der Waals surface area contributed by atoms with Gasteiger partial charge < -0.3 is 0 Å². The third-order valence-electron chi connectivity index (χ3n) is 2.41. The molecule has 0 aliphatic carbocycles. The summed E-state index contributed by atoms with van der Waals surface area (Å²) in [7, 11) is 1.87. The van der Waals surface area contributed by atoms with Crippen molar-refractivity contribution in [2.24, 2.45) is 7.05 Å². The molecule has 1 atom stereocenters. The SMILES string of the molecule is Cc1nc(-c2cnn(C)c2)ncc1C(C)Cl. The third kappa shape index (κ3) is 2.07. The monoisotopic (exact) mass is 236 g/mol. The van der Waals surface area contributed by atoms with Crippen LogP contribution in [0, 0.1) is 6.92 Å². The van der Waals surface area contributed by atoms with E-state index in [4.69, 9.17) is 11.6 Å². The molecule has 0 bridgehead atoms. The van der Waals surface area contributed by atoms with Gasteiger partial charge in [0.2, 0.25) is 0 Å². The van der Waals surface area contributed by atoms with Crippen LogP contribution >= 0.6 is 11.6 Å². The van der Waals surface area contributed by atoms with Gasteiger partial charge in [0.15, 0.2) is 5.82 Å². The summed E-state index contributed by atoms with van der Waals surface area (Å²) < 4.78 is 1.73. The first-order chi connectivity index (χ1) is 7.58. The summed E-state index contributed by atoms with van der Waals surface area (Å²) in [5, 5.41) is 4.02. The average molecular weight is 237 g/mol. The van der Waals surface area contributed by atoms with Crippen LogP contribution in [0.5, 0.6) is 0 Å². The van der Waals surface area contributed by atoms with Crippen molar-refractivity contribution < 1.29 is 0 Å². The Bertz CT molecular complexity index is 504. The van der Waals surface area contributed by atoms with Crippen LogP contribution in [0.15, 0.2) is 18.6 Å². The van der Waals surface area contributed by atoms with E-state index in [2.05, 4.69) is 15.1 Å². The number of nitrogens with zero attached hydrogens (tertiary/aromatic N) is 4. The summed E-state index contributed by atoms with van der Waals surface area (Å²) in [5.41, 5.74) is 2.80. The second-order valence-corrected chi connectivity index (χ2v) is 4.41. The van der Waals surface area contributed by atoms with Gasteiger partial charge in [-0.3, -0.25) is 4.68 Å². The number of hydrogen-bond acceptors (Lipinski definition) is 3. The minimum Gasteiger partial charge on any atom is -0.275 e. The molecule has 84 valence electrons. The predicted octanol–water partition coefficient (Wildman–Crippen LogP) is 2.49. The van der Waals surface area contributed by atoms with E-state index in [0.717, 1.165) is 16.8 Å². The first-order valence-corrected chi connectivity index (χ1v) is 5.48. The molecule has 0 spiro atoms. The van der Waals surface area contributed by atoms with Gasteiger partial charge in [0, 0.05) is 30.7 Å². The first kappa shape index (κ1) is 11.1. The van der Waals surface area contributed by atoms with E-state index in [1.165, 1.54) is 0 Å². The molecule has 5 heteroatoms. The molecule has 0 saturated heterocycles. The second-order valence-electron chi connectivity index (χ2n) is 3.75. The van der Waals surface area contributed by atoms with Crippen LogP contribution in [0.1, 0.15) is 23.6 Å². The lowest BCUT2D eigenvalue weighted by Gasteiger charge is -2.07. The molecule has 0 N–H and O–H groups in total. The molecule has 2 aromatic heterocycles. The van der Waals surface area contributed by atoms with Crippen molar-refractivity contribution in [1.29, 1.82) is 0 Å². The van der Waals surface area contributed by atoms with Crippen LogP contribution in [-0.2, 0) is 7.05 Å². The van der Waals surface area contributed by atoms with Crippen LogP contribution in [0.25, 0.3) is 11.4 Å². The van der Waals surface area contributed by atoms with Crippen molar-refractivity contribution in [3.8, 4) is 11.4 Å². The molecule has 2 heterocycles. The molecular weight excluding hydrogens is 224 g/mol. The lowest BCUT2D eigenvalue weighted by atomic mass is 10.2. The van der Waals surface area contributed by atoms with E-state index in [0.29, 0.717) is 5.82 Å². The molecular formula is C11H13ClN4. The fourth-order valence-corrected chi connectivity index (χ4v) is 1.76. The van der Waals surface area contributed by atoms with Gasteiger partial charge in [-0.15, -0.1) is 11.6 Å². The molecule has 0 aliphatic rings. The quantitative estimate of drug-likeness (QED) is 0.753. The molecule has 16 heavy (non-hydrogen) atoms. The third-order valence-corrected chi connectivity index (χ3v) is 2.64. The number of aryl methyl sites for hydroxylation is 2. The van der Waals surface area contributed by atoms with E-state index >= 15 is 0 Å². The normalized spacial score (nSPS) is 12.8.